The number of hydrogen-bond donors (Lipinski definition) is 1. The molecule has 0 aromatic heterocycles. The van der Waals surface area contributed by atoms with Gasteiger partial charge in [-0.2, -0.15) is 0 Å². The number of unbranched alkanes of at least 4 members (excludes halogenated alkanes) is 3. The molecule has 0 aromatic carbocycles. The molecule has 1 heteroatoms. The summed E-state index contributed by atoms with van der Waals surface area (Å²) in [7, 11) is 2.01. The maximum Gasteiger partial charge on any atom is -0.00519 e. The lowest BCUT2D eigenvalue weighted by atomic mass is 10.2. The minimum atomic E-state index is 1.16. The van der Waals surface area contributed by atoms with Crippen molar-refractivity contribution in [2.24, 2.45) is 0 Å². The highest BCUT2D eigenvalue weighted by Gasteiger charge is 1.84. The van der Waals surface area contributed by atoms with E-state index in [1.165, 1.54) is 32.1 Å². The standard InChI is InChI=1S/C10H21N/c1-3-4-5-6-7-8-9-10-11-2/h4-5,11H,3,6-10H2,1-2H3/b5-4+. The molecule has 0 atom stereocenters. The minimum Gasteiger partial charge on any atom is -0.320 e. The highest BCUT2D eigenvalue weighted by atomic mass is 14.8. The Morgan fingerprint density at radius 2 is 1.91 bits per heavy atom. The van der Waals surface area contributed by atoms with Crippen molar-refractivity contribution in [3.05, 3.63) is 12.2 Å². The molecule has 0 heterocycles. The average Bonchev–Trinajstić information content (AvgIpc) is 2.03. The maximum atomic E-state index is 3.15. The van der Waals surface area contributed by atoms with E-state index >= 15 is 0 Å². The fourth-order valence-electron chi connectivity index (χ4n) is 1.03. The van der Waals surface area contributed by atoms with Crippen LogP contribution >= 0.6 is 0 Å². The van der Waals surface area contributed by atoms with Crippen molar-refractivity contribution in [3.63, 3.8) is 0 Å². The van der Waals surface area contributed by atoms with Crippen LogP contribution in [-0.2, 0) is 0 Å². The van der Waals surface area contributed by atoms with Crippen LogP contribution in [0.2, 0.25) is 0 Å². The lowest BCUT2D eigenvalue weighted by Crippen LogP contribution is -2.06. The van der Waals surface area contributed by atoms with Gasteiger partial charge in [0, 0.05) is 0 Å². The van der Waals surface area contributed by atoms with Crippen LogP contribution in [0.25, 0.3) is 0 Å². The first-order valence-corrected chi connectivity index (χ1v) is 4.71. The van der Waals surface area contributed by atoms with E-state index < -0.39 is 0 Å². The first-order valence-electron chi connectivity index (χ1n) is 4.71. The van der Waals surface area contributed by atoms with Gasteiger partial charge in [-0.05, 0) is 39.3 Å². The summed E-state index contributed by atoms with van der Waals surface area (Å²) in [4.78, 5) is 0. The molecule has 0 rings (SSSR count). The van der Waals surface area contributed by atoms with Crippen LogP contribution < -0.4 is 5.32 Å². The van der Waals surface area contributed by atoms with Crippen LogP contribution in [0.15, 0.2) is 12.2 Å². The van der Waals surface area contributed by atoms with Gasteiger partial charge in [-0.25, -0.2) is 0 Å². The van der Waals surface area contributed by atoms with Crippen molar-refractivity contribution in [2.75, 3.05) is 13.6 Å². The third-order valence-electron chi connectivity index (χ3n) is 1.70. The first-order chi connectivity index (χ1) is 5.41. The van der Waals surface area contributed by atoms with Crippen molar-refractivity contribution in [2.45, 2.75) is 39.0 Å². The van der Waals surface area contributed by atoms with E-state index in [-0.39, 0.29) is 0 Å². The lowest BCUT2D eigenvalue weighted by molar-refractivity contribution is 0.647. The summed E-state index contributed by atoms with van der Waals surface area (Å²) in [5, 5.41) is 3.15. The maximum absolute atomic E-state index is 3.15. The molecule has 0 aliphatic heterocycles. The molecule has 1 N–H and O–H groups in total. The third kappa shape index (κ3) is 9.70. The van der Waals surface area contributed by atoms with Crippen molar-refractivity contribution in [1.82, 2.24) is 5.32 Å². The van der Waals surface area contributed by atoms with Gasteiger partial charge in [0.25, 0.3) is 0 Å². The van der Waals surface area contributed by atoms with Crippen LogP contribution in [0.1, 0.15) is 39.0 Å². The van der Waals surface area contributed by atoms with Gasteiger partial charge in [-0.1, -0.05) is 25.5 Å². The zero-order valence-corrected chi connectivity index (χ0v) is 7.90. The Hall–Kier alpha value is -0.300. The summed E-state index contributed by atoms with van der Waals surface area (Å²) in [5.41, 5.74) is 0. The van der Waals surface area contributed by atoms with Gasteiger partial charge < -0.3 is 5.32 Å². The number of allylic oxidation sites excluding steroid dienone is 2. The van der Waals surface area contributed by atoms with Crippen LogP contribution in [-0.4, -0.2) is 13.6 Å². The monoisotopic (exact) mass is 155 g/mol. The van der Waals surface area contributed by atoms with Crippen molar-refractivity contribution < 1.29 is 0 Å². The minimum absolute atomic E-state index is 1.16. The van der Waals surface area contributed by atoms with Crippen LogP contribution in [0.3, 0.4) is 0 Å². The third-order valence-corrected chi connectivity index (χ3v) is 1.70. The molecule has 0 fully saturated rings. The highest BCUT2D eigenvalue weighted by molar-refractivity contribution is 4.79. The van der Waals surface area contributed by atoms with E-state index in [4.69, 9.17) is 0 Å². The molecular formula is C10H21N. The Balaban J connectivity index is 2.85. The Bertz CT molecular complexity index is 86.9. The topological polar surface area (TPSA) is 12.0 Å². The lowest BCUT2D eigenvalue weighted by Gasteiger charge is -1.96. The molecule has 0 aromatic rings. The molecule has 0 amide bonds. The Morgan fingerprint density at radius 3 is 2.55 bits per heavy atom. The quantitative estimate of drug-likeness (QED) is 0.440. The van der Waals surface area contributed by atoms with Gasteiger partial charge >= 0.3 is 0 Å². The summed E-state index contributed by atoms with van der Waals surface area (Å²) in [6.07, 6.45) is 11.0. The predicted octanol–water partition coefficient (Wildman–Crippen LogP) is 2.73. The van der Waals surface area contributed by atoms with Crippen LogP contribution in [0, 0.1) is 0 Å². The smallest absolute Gasteiger partial charge is 0.00519 e. The van der Waals surface area contributed by atoms with Gasteiger partial charge in [-0.15, -0.1) is 0 Å². The fraction of sp³-hybridized carbons (Fsp3) is 0.800. The van der Waals surface area contributed by atoms with E-state index in [1.54, 1.807) is 0 Å². The molecule has 66 valence electrons. The molecule has 0 radical (unpaired) electrons. The summed E-state index contributed by atoms with van der Waals surface area (Å²) < 4.78 is 0. The highest BCUT2D eigenvalue weighted by Crippen LogP contribution is 1.99. The normalized spacial score (nSPS) is 11.1. The van der Waals surface area contributed by atoms with E-state index in [0.717, 1.165) is 6.54 Å². The Morgan fingerprint density at radius 1 is 1.09 bits per heavy atom. The van der Waals surface area contributed by atoms with E-state index in [1.807, 2.05) is 7.05 Å². The zero-order valence-electron chi connectivity index (χ0n) is 7.90. The van der Waals surface area contributed by atoms with Crippen molar-refractivity contribution >= 4 is 0 Å². The molecule has 0 unspecified atom stereocenters. The van der Waals surface area contributed by atoms with Gasteiger partial charge in [0.2, 0.25) is 0 Å². The second-order valence-electron chi connectivity index (χ2n) is 2.83. The molecular weight excluding hydrogens is 134 g/mol. The molecule has 0 aliphatic carbocycles. The second kappa shape index (κ2) is 9.70. The molecule has 0 bridgehead atoms. The van der Waals surface area contributed by atoms with Gasteiger partial charge in [0.05, 0.1) is 0 Å². The Kier molecular flexibility index (Phi) is 9.44. The van der Waals surface area contributed by atoms with Crippen molar-refractivity contribution in [1.29, 1.82) is 0 Å². The number of nitrogens with one attached hydrogen (secondary N) is 1. The van der Waals surface area contributed by atoms with Crippen LogP contribution in [0.5, 0.6) is 0 Å². The molecule has 0 aliphatic rings. The van der Waals surface area contributed by atoms with E-state index in [0.29, 0.717) is 0 Å². The number of rotatable bonds is 7. The Labute approximate surface area is 70.9 Å². The fourth-order valence-corrected chi connectivity index (χ4v) is 1.03. The number of hydrogen-bond acceptors (Lipinski definition) is 1. The molecule has 1 nitrogen and oxygen atoms in total. The second-order valence-corrected chi connectivity index (χ2v) is 2.83. The summed E-state index contributed by atoms with van der Waals surface area (Å²) >= 11 is 0. The zero-order chi connectivity index (χ0) is 8.36. The predicted molar refractivity (Wildman–Crippen MR) is 51.8 cm³/mol. The van der Waals surface area contributed by atoms with Gasteiger partial charge in [0.15, 0.2) is 0 Å². The summed E-state index contributed by atoms with van der Waals surface area (Å²) in [6, 6.07) is 0. The van der Waals surface area contributed by atoms with E-state index in [2.05, 4.69) is 24.4 Å². The largest absolute Gasteiger partial charge is 0.320 e. The molecule has 0 spiro atoms. The van der Waals surface area contributed by atoms with Gasteiger partial charge in [-0.3, -0.25) is 0 Å². The van der Waals surface area contributed by atoms with Crippen LogP contribution in [0.4, 0.5) is 0 Å². The molecule has 11 heavy (non-hydrogen) atoms. The summed E-state index contributed by atoms with van der Waals surface area (Å²) in [5.74, 6) is 0. The molecule has 0 saturated carbocycles. The average molecular weight is 155 g/mol. The first kappa shape index (κ1) is 10.7. The SMILES string of the molecule is CC/C=C/CCCCCNC. The molecule has 0 saturated heterocycles. The van der Waals surface area contributed by atoms with E-state index in [9.17, 15) is 0 Å². The van der Waals surface area contributed by atoms with Crippen molar-refractivity contribution in [3.8, 4) is 0 Å². The van der Waals surface area contributed by atoms with Gasteiger partial charge in [0.1, 0.15) is 0 Å². The summed E-state index contributed by atoms with van der Waals surface area (Å²) in [6.45, 7) is 3.34.